The van der Waals surface area contributed by atoms with Gasteiger partial charge in [-0.15, -0.1) is 0 Å². The zero-order chi connectivity index (χ0) is 20.3. The molecule has 1 N–H and O–H groups in total. The van der Waals surface area contributed by atoms with Crippen LogP contribution in [0.3, 0.4) is 0 Å². The highest BCUT2D eigenvalue weighted by Crippen LogP contribution is 2.26. The molecule has 0 spiro atoms. The van der Waals surface area contributed by atoms with Gasteiger partial charge in [0.05, 0.1) is 5.75 Å². The lowest BCUT2D eigenvalue weighted by Gasteiger charge is -2.30. The van der Waals surface area contributed by atoms with Gasteiger partial charge >= 0.3 is 0 Å². The van der Waals surface area contributed by atoms with Crippen molar-refractivity contribution in [2.24, 2.45) is 5.92 Å². The maximum Gasteiger partial charge on any atom is 0.227 e. The number of sulfonamides is 1. The van der Waals surface area contributed by atoms with Crippen LogP contribution in [0.4, 0.5) is 5.69 Å². The van der Waals surface area contributed by atoms with Crippen LogP contribution in [0.15, 0.2) is 42.5 Å². The molecule has 3 rings (SSSR count). The number of amides is 1. The maximum atomic E-state index is 12.7. The first-order valence-electron chi connectivity index (χ1n) is 9.67. The predicted octanol–water partition coefficient (Wildman–Crippen LogP) is 3.79. The molecule has 1 aliphatic heterocycles. The number of anilines is 1. The molecule has 0 aromatic heterocycles. The largest absolute Gasteiger partial charge is 0.325 e. The summed E-state index contributed by atoms with van der Waals surface area (Å²) < 4.78 is 26.9. The number of nitrogens with zero attached hydrogens (tertiary/aromatic N) is 1. The van der Waals surface area contributed by atoms with Crippen molar-refractivity contribution in [3.63, 3.8) is 0 Å². The van der Waals surface area contributed by atoms with E-state index < -0.39 is 10.0 Å². The van der Waals surface area contributed by atoms with Gasteiger partial charge in [-0.2, -0.15) is 0 Å². The number of benzene rings is 2. The van der Waals surface area contributed by atoms with E-state index in [1.165, 1.54) is 9.87 Å². The fourth-order valence-electron chi connectivity index (χ4n) is 3.87. The van der Waals surface area contributed by atoms with Crippen molar-refractivity contribution in [2.75, 3.05) is 18.4 Å². The summed E-state index contributed by atoms with van der Waals surface area (Å²) in [6.45, 7) is 6.80. The van der Waals surface area contributed by atoms with Gasteiger partial charge in [-0.05, 0) is 50.3 Å². The van der Waals surface area contributed by atoms with Gasteiger partial charge in [0.2, 0.25) is 15.9 Å². The summed E-state index contributed by atoms with van der Waals surface area (Å²) in [4.78, 5) is 12.7. The molecule has 1 aliphatic rings. The van der Waals surface area contributed by atoms with Gasteiger partial charge in [0.25, 0.3) is 0 Å². The van der Waals surface area contributed by atoms with Crippen molar-refractivity contribution >= 4 is 21.6 Å². The lowest BCUT2D eigenvalue weighted by atomic mass is 9.96. The average Bonchev–Trinajstić information content (AvgIpc) is 2.65. The molecule has 2 aromatic rings. The number of rotatable bonds is 5. The van der Waals surface area contributed by atoms with Gasteiger partial charge in [0, 0.05) is 24.7 Å². The maximum absolute atomic E-state index is 12.7. The third-order valence-electron chi connectivity index (χ3n) is 5.34. The molecule has 150 valence electrons. The van der Waals surface area contributed by atoms with Crippen molar-refractivity contribution in [1.29, 1.82) is 0 Å². The Morgan fingerprint density at radius 2 is 1.61 bits per heavy atom. The Balaban J connectivity index is 1.60. The second-order valence-electron chi connectivity index (χ2n) is 7.68. The van der Waals surface area contributed by atoms with Crippen LogP contribution in [-0.4, -0.2) is 31.7 Å². The Labute approximate surface area is 167 Å². The smallest absolute Gasteiger partial charge is 0.227 e. The molecule has 1 saturated heterocycles. The first-order valence-corrected chi connectivity index (χ1v) is 11.3. The molecule has 1 fully saturated rings. The third-order valence-corrected chi connectivity index (χ3v) is 7.19. The molecule has 0 aliphatic carbocycles. The van der Waals surface area contributed by atoms with E-state index in [0.29, 0.717) is 25.9 Å². The molecule has 0 unspecified atom stereocenters. The number of carbonyl (C=O) groups is 1. The van der Waals surface area contributed by atoms with Crippen LogP contribution in [0.2, 0.25) is 0 Å². The summed E-state index contributed by atoms with van der Waals surface area (Å²) in [6, 6.07) is 13.3. The Kier molecular flexibility index (Phi) is 6.20. The van der Waals surface area contributed by atoms with Crippen LogP contribution >= 0.6 is 0 Å². The standard InChI is InChI=1S/C22H28N2O3S/c1-16-13-17(2)21(18(3)14-16)23-22(25)20-9-11-24(12-10-20)28(26,27)15-19-7-5-4-6-8-19/h4-8,13-14,20H,9-12,15H2,1-3H3,(H,23,25). The SMILES string of the molecule is Cc1cc(C)c(NC(=O)C2CCN(S(=O)(=O)Cc3ccccc3)CC2)c(C)c1. The average molecular weight is 401 g/mol. The van der Waals surface area contributed by atoms with Gasteiger partial charge in [-0.1, -0.05) is 48.0 Å². The first kappa shape index (κ1) is 20.6. The zero-order valence-electron chi connectivity index (χ0n) is 16.7. The highest BCUT2D eigenvalue weighted by molar-refractivity contribution is 7.88. The minimum Gasteiger partial charge on any atom is -0.325 e. The quantitative estimate of drug-likeness (QED) is 0.830. The van der Waals surface area contributed by atoms with Crippen molar-refractivity contribution in [1.82, 2.24) is 4.31 Å². The van der Waals surface area contributed by atoms with Crippen LogP contribution < -0.4 is 5.32 Å². The molecule has 0 bridgehead atoms. The molecule has 28 heavy (non-hydrogen) atoms. The van der Waals surface area contributed by atoms with Crippen LogP contribution in [0.5, 0.6) is 0 Å². The molecule has 1 amide bonds. The van der Waals surface area contributed by atoms with Gasteiger partial charge in [0.15, 0.2) is 0 Å². The second-order valence-corrected chi connectivity index (χ2v) is 9.65. The number of hydrogen-bond donors (Lipinski definition) is 1. The van der Waals surface area contributed by atoms with Crippen LogP contribution in [0.25, 0.3) is 0 Å². The summed E-state index contributed by atoms with van der Waals surface area (Å²) in [7, 11) is -3.36. The minimum atomic E-state index is -3.36. The molecule has 0 radical (unpaired) electrons. The Hall–Kier alpha value is -2.18. The topological polar surface area (TPSA) is 66.5 Å². The number of nitrogens with one attached hydrogen (secondary N) is 1. The summed E-state index contributed by atoms with van der Waals surface area (Å²) in [6.07, 6.45) is 1.09. The molecule has 5 nitrogen and oxygen atoms in total. The Morgan fingerprint density at radius 1 is 1.04 bits per heavy atom. The van der Waals surface area contributed by atoms with Gasteiger partial charge < -0.3 is 5.32 Å². The van der Waals surface area contributed by atoms with E-state index in [4.69, 9.17) is 0 Å². The number of carbonyl (C=O) groups excluding carboxylic acids is 1. The van der Waals surface area contributed by atoms with E-state index >= 15 is 0 Å². The summed E-state index contributed by atoms with van der Waals surface area (Å²) >= 11 is 0. The van der Waals surface area contributed by atoms with E-state index in [9.17, 15) is 13.2 Å². The molecule has 6 heteroatoms. The van der Waals surface area contributed by atoms with E-state index in [1.54, 1.807) is 0 Å². The lowest BCUT2D eigenvalue weighted by Crippen LogP contribution is -2.42. The fraction of sp³-hybridized carbons (Fsp3) is 0.409. The molecule has 0 saturated carbocycles. The van der Waals surface area contributed by atoms with Gasteiger partial charge in [0.1, 0.15) is 0 Å². The van der Waals surface area contributed by atoms with Crippen LogP contribution in [0, 0.1) is 26.7 Å². The zero-order valence-corrected chi connectivity index (χ0v) is 17.6. The van der Waals surface area contributed by atoms with Crippen molar-refractivity contribution in [3.8, 4) is 0 Å². The normalized spacial score (nSPS) is 16.1. The van der Waals surface area contributed by atoms with Crippen molar-refractivity contribution in [2.45, 2.75) is 39.4 Å². The molecular weight excluding hydrogens is 372 g/mol. The predicted molar refractivity (Wildman–Crippen MR) is 113 cm³/mol. The number of piperidine rings is 1. The molecule has 0 atom stereocenters. The van der Waals surface area contributed by atoms with E-state index in [1.807, 2.05) is 51.1 Å². The highest BCUT2D eigenvalue weighted by Gasteiger charge is 2.31. The fourth-order valence-corrected chi connectivity index (χ4v) is 5.44. The Morgan fingerprint density at radius 3 is 2.18 bits per heavy atom. The molecular formula is C22H28N2O3S. The van der Waals surface area contributed by atoms with Crippen LogP contribution in [0.1, 0.15) is 35.1 Å². The second kappa shape index (κ2) is 8.45. The number of aryl methyl sites for hydroxylation is 3. The summed E-state index contributed by atoms with van der Waals surface area (Å²) in [5.41, 5.74) is 4.93. The van der Waals surface area contributed by atoms with Gasteiger partial charge in [-0.25, -0.2) is 12.7 Å². The summed E-state index contributed by atoms with van der Waals surface area (Å²) in [5.74, 6) is -0.176. The van der Waals surface area contributed by atoms with E-state index in [-0.39, 0.29) is 17.6 Å². The summed E-state index contributed by atoms with van der Waals surface area (Å²) in [5, 5.41) is 3.06. The minimum absolute atomic E-state index is 0.00641. The van der Waals surface area contributed by atoms with Crippen molar-refractivity contribution in [3.05, 3.63) is 64.7 Å². The van der Waals surface area contributed by atoms with Gasteiger partial charge in [-0.3, -0.25) is 4.79 Å². The Bertz CT molecular complexity index is 924. The molecule has 2 aromatic carbocycles. The van der Waals surface area contributed by atoms with Crippen molar-refractivity contribution < 1.29 is 13.2 Å². The molecule has 1 heterocycles. The van der Waals surface area contributed by atoms with E-state index in [0.717, 1.165) is 22.4 Å². The third kappa shape index (κ3) is 4.80. The first-order chi connectivity index (χ1) is 13.3. The van der Waals surface area contributed by atoms with E-state index in [2.05, 4.69) is 17.4 Å². The lowest BCUT2D eigenvalue weighted by molar-refractivity contribution is -0.120. The van der Waals surface area contributed by atoms with Crippen LogP contribution in [-0.2, 0) is 20.6 Å². The monoisotopic (exact) mass is 400 g/mol. The highest BCUT2D eigenvalue weighted by atomic mass is 32.2. The number of hydrogen-bond acceptors (Lipinski definition) is 3.